The largest absolute Gasteiger partial charge is 0.397 e. The first-order valence-electron chi connectivity index (χ1n) is 4.59. The number of halogens is 2. The van der Waals surface area contributed by atoms with Crippen LogP contribution in [0.3, 0.4) is 0 Å². The molecular weight excluding hydrogens is 245 g/mol. The monoisotopic (exact) mass is 253 g/mol. The summed E-state index contributed by atoms with van der Waals surface area (Å²) in [5.41, 5.74) is 6.86. The lowest BCUT2D eigenvalue weighted by Gasteiger charge is -2.08. The Hall–Kier alpha value is -1.45. The Bertz CT molecular complexity index is 497. The fraction of sp³-hybridized carbons (Fsp3) is 0. The van der Waals surface area contributed by atoms with Crippen molar-refractivity contribution in [3.05, 3.63) is 46.6 Å². The van der Waals surface area contributed by atoms with E-state index in [0.29, 0.717) is 27.2 Å². The highest BCUT2D eigenvalue weighted by molar-refractivity contribution is 6.43. The van der Waals surface area contributed by atoms with Gasteiger partial charge in [0.05, 0.1) is 27.6 Å². The molecule has 82 valence electrons. The Labute approximate surface area is 103 Å². The van der Waals surface area contributed by atoms with Gasteiger partial charge in [0.1, 0.15) is 5.82 Å². The number of pyridine rings is 1. The highest BCUT2D eigenvalue weighted by Gasteiger charge is 2.04. The fourth-order valence-electron chi connectivity index (χ4n) is 1.22. The summed E-state index contributed by atoms with van der Waals surface area (Å²) in [6.45, 7) is 0. The number of rotatable bonds is 2. The van der Waals surface area contributed by atoms with E-state index in [4.69, 9.17) is 28.9 Å². The van der Waals surface area contributed by atoms with Crippen LogP contribution in [0.25, 0.3) is 0 Å². The van der Waals surface area contributed by atoms with Gasteiger partial charge in [-0.05, 0) is 24.3 Å². The molecule has 2 rings (SSSR count). The molecule has 0 fully saturated rings. The number of benzene rings is 1. The third-order valence-electron chi connectivity index (χ3n) is 2.00. The third-order valence-corrected chi connectivity index (χ3v) is 2.82. The molecule has 2 aromatic rings. The zero-order valence-corrected chi connectivity index (χ0v) is 9.76. The molecule has 0 radical (unpaired) electrons. The third kappa shape index (κ3) is 2.38. The van der Waals surface area contributed by atoms with E-state index in [1.807, 2.05) is 12.1 Å². The van der Waals surface area contributed by atoms with Crippen molar-refractivity contribution in [2.45, 2.75) is 0 Å². The van der Waals surface area contributed by atoms with Crippen LogP contribution in [0.15, 0.2) is 36.5 Å². The van der Waals surface area contributed by atoms with Crippen LogP contribution < -0.4 is 11.1 Å². The second kappa shape index (κ2) is 4.60. The van der Waals surface area contributed by atoms with Crippen LogP contribution in [0.5, 0.6) is 0 Å². The molecule has 0 amide bonds. The molecule has 5 heteroatoms. The summed E-state index contributed by atoms with van der Waals surface area (Å²) in [6.07, 6.45) is 1.57. The van der Waals surface area contributed by atoms with Crippen molar-refractivity contribution in [3.63, 3.8) is 0 Å². The van der Waals surface area contributed by atoms with Crippen molar-refractivity contribution in [2.24, 2.45) is 0 Å². The van der Waals surface area contributed by atoms with E-state index >= 15 is 0 Å². The summed E-state index contributed by atoms with van der Waals surface area (Å²) in [4.78, 5) is 4.11. The molecule has 0 saturated carbocycles. The van der Waals surface area contributed by atoms with Crippen LogP contribution >= 0.6 is 23.2 Å². The first kappa shape index (κ1) is 11.0. The average molecular weight is 254 g/mol. The molecule has 3 N–H and O–H groups in total. The van der Waals surface area contributed by atoms with Crippen LogP contribution in [-0.2, 0) is 0 Å². The van der Waals surface area contributed by atoms with Crippen LogP contribution in [0.1, 0.15) is 0 Å². The summed E-state index contributed by atoms with van der Waals surface area (Å²) in [7, 11) is 0. The van der Waals surface area contributed by atoms with E-state index in [2.05, 4.69) is 10.3 Å². The minimum Gasteiger partial charge on any atom is -0.397 e. The van der Waals surface area contributed by atoms with Gasteiger partial charge in [0.2, 0.25) is 0 Å². The summed E-state index contributed by atoms with van der Waals surface area (Å²) >= 11 is 11.9. The van der Waals surface area contributed by atoms with Crippen molar-refractivity contribution >= 4 is 40.4 Å². The molecule has 0 aliphatic rings. The minimum atomic E-state index is 0.475. The minimum absolute atomic E-state index is 0.475. The van der Waals surface area contributed by atoms with Crippen LogP contribution in [0, 0.1) is 0 Å². The van der Waals surface area contributed by atoms with Crippen LogP contribution in [0.4, 0.5) is 17.2 Å². The van der Waals surface area contributed by atoms with E-state index in [1.165, 1.54) is 0 Å². The summed E-state index contributed by atoms with van der Waals surface area (Å²) < 4.78 is 0. The summed E-state index contributed by atoms with van der Waals surface area (Å²) in [6, 6.07) is 8.89. The number of hydrogen-bond donors (Lipinski definition) is 2. The first-order valence-corrected chi connectivity index (χ1v) is 5.35. The standard InChI is InChI=1S/C11H9Cl2N3/c12-8-2-1-3-9(11(8)13)16-10-5-4-7(14)6-15-10/h1-6H,14H2,(H,15,16). The summed E-state index contributed by atoms with van der Waals surface area (Å²) in [5.74, 6) is 0.665. The maximum absolute atomic E-state index is 6.03. The first-order chi connectivity index (χ1) is 7.66. The quantitative estimate of drug-likeness (QED) is 0.858. The molecule has 1 heterocycles. The fourth-order valence-corrected chi connectivity index (χ4v) is 1.57. The molecule has 1 aromatic carbocycles. The van der Waals surface area contributed by atoms with Crippen molar-refractivity contribution in [2.75, 3.05) is 11.1 Å². The maximum Gasteiger partial charge on any atom is 0.130 e. The maximum atomic E-state index is 6.03. The van der Waals surface area contributed by atoms with E-state index in [9.17, 15) is 0 Å². The number of aromatic nitrogens is 1. The Morgan fingerprint density at radius 2 is 1.94 bits per heavy atom. The van der Waals surface area contributed by atoms with Crippen molar-refractivity contribution in [1.29, 1.82) is 0 Å². The molecule has 0 bridgehead atoms. The Balaban J connectivity index is 2.27. The zero-order valence-electron chi connectivity index (χ0n) is 8.24. The number of nitrogens with one attached hydrogen (secondary N) is 1. The van der Waals surface area contributed by atoms with Gasteiger partial charge in [-0.15, -0.1) is 0 Å². The second-order valence-corrected chi connectivity index (χ2v) is 3.99. The van der Waals surface area contributed by atoms with Crippen LogP contribution in [0.2, 0.25) is 10.0 Å². The molecule has 0 spiro atoms. The van der Waals surface area contributed by atoms with Gasteiger partial charge in [0.25, 0.3) is 0 Å². The lowest BCUT2D eigenvalue weighted by molar-refractivity contribution is 1.31. The molecule has 0 aliphatic heterocycles. The average Bonchev–Trinajstić information content (AvgIpc) is 2.28. The molecule has 0 aliphatic carbocycles. The van der Waals surface area contributed by atoms with Crippen LogP contribution in [-0.4, -0.2) is 4.98 Å². The van der Waals surface area contributed by atoms with Crippen molar-refractivity contribution in [3.8, 4) is 0 Å². The predicted octanol–water partition coefficient (Wildman–Crippen LogP) is 3.71. The van der Waals surface area contributed by atoms with E-state index in [1.54, 1.807) is 24.4 Å². The van der Waals surface area contributed by atoms with Gasteiger partial charge in [-0.3, -0.25) is 0 Å². The smallest absolute Gasteiger partial charge is 0.130 e. The number of nitrogens with zero attached hydrogens (tertiary/aromatic N) is 1. The Kier molecular flexibility index (Phi) is 3.17. The van der Waals surface area contributed by atoms with Crippen molar-refractivity contribution < 1.29 is 0 Å². The summed E-state index contributed by atoms with van der Waals surface area (Å²) in [5, 5.41) is 4.03. The highest BCUT2D eigenvalue weighted by atomic mass is 35.5. The molecule has 3 nitrogen and oxygen atoms in total. The lowest BCUT2D eigenvalue weighted by atomic mass is 10.3. The molecular formula is C11H9Cl2N3. The molecule has 0 saturated heterocycles. The van der Waals surface area contributed by atoms with Gasteiger partial charge in [-0.1, -0.05) is 29.3 Å². The number of nitrogen functional groups attached to an aromatic ring is 1. The van der Waals surface area contributed by atoms with Gasteiger partial charge >= 0.3 is 0 Å². The van der Waals surface area contributed by atoms with Gasteiger partial charge in [-0.2, -0.15) is 0 Å². The number of nitrogens with two attached hydrogens (primary N) is 1. The number of hydrogen-bond acceptors (Lipinski definition) is 3. The molecule has 0 unspecified atom stereocenters. The van der Waals surface area contributed by atoms with Gasteiger partial charge in [-0.25, -0.2) is 4.98 Å². The molecule has 16 heavy (non-hydrogen) atoms. The SMILES string of the molecule is Nc1ccc(Nc2cccc(Cl)c2Cl)nc1. The van der Waals surface area contributed by atoms with Gasteiger partial charge in [0.15, 0.2) is 0 Å². The van der Waals surface area contributed by atoms with Crippen molar-refractivity contribution in [1.82, 2.24) is 4.98 Å². The molecule has 1 aromatic heterocycles. The second-order valence-electron chi connectivity index (χ2n) is 3.20. The van der Waals surface area contributed by atoms with E-state index in [0.717, 1.165) is 0 Å². The highest BCUT2D eigenvalue weighted by Crippen LogP contribution is 2.31. The Morgan fingerprint density at radius 3 is 2.62 bits per heavy atom. The number of anilines is 3. The van der Waals surface area contributed by atoms with E-state index < -0.39 is 0 Å². The Morgan fingerprint density at radius 1 is 1.12 bits per heavy atom. The normalized spacial score (nSPS) is 10.1. The lowest BCUT2D eigenvalue weighted by Crippen LogP contribution is -1.95. The van der Waals surface area contributed by atoms with Gasteiger partial charge < -0.3 is 11.1 Å². The van der Waals surface area contributed by atoms with Gasteiger partial charge in [0, 0.05) is 0 Å². The molecule has 0 atom stereocenters. The zero-order chi connectivity index (χ0) is 11.5. The van der Waals surface area contributed by atoms with E-state index in [-0.39, 0.29) is 0 Å². The predicted molar refractivity (Wildman–Crippen MR) is 68.4 cm³/mol. The topological polar surface area (TPSA) is 50.9 Å².